The van der Waals surface area contributed by atoms with E-state index in [1.165, 1.54) is 5.39 Å². The minimum atomic E-state index is 0. The number of hydrogen-bond acceptors (Lipinski definition) is 3. The van der Waals surface area contributed by atoms with E-state index in [4.69, 9.17) is 10.5 Å². The van der Waals surface area contributed by atoms with Gasteiger partial charge in [0.15, 0.2) is 0 Å². The Hall–Kier alpha value is -1.78. The lowest BCUT2D eigenvalue weighted by molar-refractivity contribution is -0.126. The summed E-state index contributed by atoms with van der Waals surface area (Å²) in [5.74, 6) is 1.01. The molecule has 1 saturated carbocycles. The number of ether oxygens (including phenoxy) is 1. The molecule has 0 saturated heterocycles. The van der Waals surface area contributed by atoms with E-state index in [1.54, 1.807) is 0 Å². The number of benzene rings is 2. The lowest BCUT2D eigenvalue weighted by Crippen LogP contribution is -2.39. The monoisotopic (exact) mass is 348 g/mol. The summed E-state index contributed by atoms with van der Waals surface area (Å²) in [6.07, 6.45) is 3.84. The number of rotatable bonds is 5. The van der Waals surface area contributed by atoms with E-state index in [1.807, 2.05) is 30.3 Å². The van der Waals surface area contributed by atoms with Gasteiger partial charge in [-0.3, -0.25) is 4.79 Å². The Morgan fingerprint density at radius 1 is 1.17 bits per heavy atom. The fourth-order valence-electron chi connectivity index (χ4n) is 3.21. The molecule has 1 amide bonds. The highest BCUT2D eigenvalue weighted by Crippen LogP contribution is 2.23. The maximum Gasteiger partial charge on any atom is 0.223 e. The molecule has 5 heteroatoms. The predicted molar refractivity (Wildman–Crippen MR) is 99.6 cm³/mol. The van der Waals surface area contributed by atoms with Gasteiger partial charge in [-0.1, -0.05) is 36.8 Å². The standard InChI is InChI=1S/C19H24N2O2.ClH/c20-17-7-3-6-16(12-17)19(22)21-10-11-23-18-9-8-14-4-1-2-5-15(14)13-18;/h1-2,4-5,8-9,13,16-17H,3,6-7,10-12,20H2,(H,21,22);1H. The summed E-state index contributed by atoms with van der Waals surface area (Å²) in [5, 5.41) is 5.31. The maximum absolute atomic E-state index is 12.1. The first-order chi connectivity index (χ1) is 11.2. The van der Waals surface area contributed by atoms with Crippen LogP contribution in [-0.4, -0.2) is 25.1 Å². The van der Waals surface area contributed by atoms with Crippen molar-refractivity contribution < 1.29 is 9.53 Å². The molecule has 1 aliphatic carbocycles. The molecule has 2 aromatic carbocycles. The third-order valence-corrected chi connectivity index (χ3v) is 4.48. The number of halogens is 1. The predicted octanol–water partition coefficient (Wildman–Crippen LogP) is 3.27. The van der Waals surface area contributed by atoms with E-state index in [0.29, 0.717) is 13.2 Å². The van der Waals surface area contributed by atoms with E-state index in [0.717, 1.165) is 36.8 Å². The van der Waals surface area contributed by atoms with Gasteiger partial charge in [0.2, 0.25) is 5.91 Å². The summed E-state index contributed by atoms with van der Waals surface area (Å²) in [6.45, 7) is 1.00. The van der Waals surface area contributed by atoms with Crippen molar-refractivity contribution in [2.24, 2.45) is 11.7 Å². The minimum absolute atomic E-state index is 0. The van der Waals surface area contributed by atoms with Gasteiger partial charge in [0.25, 0.3) is 0 Å². The number of nitrogens with two attached hydrogens (primary N) is 1. The Bertz CT molecular complexity index is 677. The molecule has 2 unspecified atom stereocenters. The SMILES string of the molecule is Cl.NC1CCCC(C(=O)NCCOc2ccc3ccccc3c2)C1. The average Bonchev–Trinajstić information content (AvgIpc) is 2.58. The first-order valence-corrected chi connectivity index (χ1v) is 8.37. The van der Waals surface area contributed by atoms with Crippen molar-refractivity contribution in [2.45, 2.75) is 31.7 Å². The molecule has 2 aromatic rings. The number of amides is 1. The molecule has 1 aliphatic rings. The topological polar surface area (TPSA) is 64.4 Å². The fraction of sp³-hybridized carbons (Fsp3) is 0.421. The second-order valence-electron chi connectivity index (χ2n) is 6.27. The van der Waals surface area contributed by atoms with E-state index >= 15 is 0 Å². The first kappa shape index (κ1) is 18.6. The molecule has 0 radical (unpaired) electrons. The zero-order valence-corrected chi connectivity index (χ0v) is 14.6. The molecular weight excluding hydrogens is 324 g/mol. The van der Waals surface area contributed by atoms with Gasteiger partial charge in [0, 0.05) is 12.0 Å². The summed E-state index contributed by atoms with van der Waals surface area (Å²) < 4.78 is 5.73. The largest absolute Gasteiger partial charge is 0.492 e. The molecule has 3 rings (SSSR count). The zero-order valence-electron chi connectivity index (χ0n) is 13.7. The second kappa shape index (κ2) is 8.90. The van der Waals surface area contributed by atoms with Crippen LogP contribution >= 0.6 is 12.4 Å². The van der Waals surface area contributed by atoms with Gasteiger partial charge in [0.1, 0.15) is 12.4 Å². The van der Waals surface area contributed by atoms with Crippen LogP contribution in [-0.2, 0) is 4.79 Å². The molecule has 1 fully saturated rings. The van der Waals surface area contributed by atoms with Crippen LogP contribution in [0.15, 0.2) is 42.5 Å². The number of nitrogens with one attached hydrogen (secondary N) is 1. The summed E-state index contributed by atoms with van der Waals surface area (Å²) >= 11 is 0. The Morgan fingerprint density at radius 2 is 1.96 bits per heavy atom. The molecule has 0 bridgehead atoms. The summed E-state index contributed by atoms with van der Waals surface area (Å²) in [4.78, 5) is 12.1. The molecule has 2 atom stereocenters. The van der Waals surface area contributed by atoms with Crippen molar-refractivity contribution in [3.63, 3.8) is 0 Å². The zero-order chi connectivity index (χ0) is 16.1. The fourth-order valence-corrected chi connectivity index (χ4v) is 3.21. The number of fused-ring (bicyclic) bond motifs is 1. The van der Waals surface area contributed by atoms with Crippen LogP contribution in [0.1, 0.15) is 25.7 Å². The maximum atomic E-state index is 12.1. The van der Waals surface area contributed by atoms with Crippen LogP contribution in [0.4, 0.5) is 0 Å². The Morgan fingerprint density at radius 3 is 2.75 bits per heavy atom. The van der Waals surface area contributed by atoms with Crippen LogP contribution in [0.3, 0.4) is 0 Å². The molecule has 0 aromatic heterocycles. The van der Waals surface area contributed by atoms with Crippen molar-refractivity contribution >= 4 is 29.1 Å². The van der Waals surface area contributed by atoms with Crippen molar-refractivity contribution in [1.29, 1.82) is 0 Å². The third kappa shape index (κ3) is 4.86. The minimum Gasteiger partial charge on any atom is -0.492 e. The van der Waals surface area contributed by atoms with Crippen molar-refractivity contribution in [2.75, 3.05) is 13.2 Å². The molecule has 4 nitrogen and oxygen atoms in total. The van der Waals surface area contributed by atoms with Gasteiger partial charge < -0.3 is 15.8 Å². The lowest BCUT2D eigenvalue weighted by Gasteiger charge is -2.25. The smallest absolute Gasteiger partial charge is 0.223 e. The highest BCUT2D eigenvalue weighted by atomic mass is 35.5. The highest BCUT2D eigenvalue weighted by Gasteiger charge is 2.24. The van der Waals surface area contributed by atoms with Gasteiger partial charge in [-0.05, 0) is 42.2 Å². The molecular formula is C19H25ClN2O2. The van der Waals surface area contributed by atoms with E-state index in [9.17, 15) is 4.79 Å². The molecule has 3 N–H and O–H groups in total. The number of carbonyl (C=O) groups is 1. The average molecular weight is 349 g/mol. The molecule has 0 spiro atoms. The Labute approximate surface area is 149 Å². The van der Waals surface area contributed by atoms with Gasteiger partial charge in [-0.2, -0.15) is 0 Å². The summed E-state index contributed by atoms with van der Waals surface area (Å²) in [7, 11) is 0. The first-order valence-electron chi connectivity index (χ1n) is 8.37. The van der Waals surface area contributed by atoms with Crippen molar-refractivity contribution in [3.8, 4) is 5.75 Å². The lowest BCUT2D eigenvalue weighted by atomic mass is 9.85. The van der Waals surface area contributed by atoms with Gasteiger partial charge >= 0.3 is 0 Å². The van der Waals surface area contributed by atoms with Crippen LogP contribution in [0.25, 0.3) is 10.8 Å². The highest BCUT2D eigenvalue weighted by molar-refractivity contribution is 5.85. The number of hydrogen-bond donors (Lipinski definition) is 2. The quantitative estimate of drug-likeness (QED) is 0.815. The van der Waals surface area contributed by atoms with Crippen LogP contribution in [0.2, 0.25) is 0 Å². The number of carbonyl (C=O) groups excluding carboxylic acids is 1. The molecule has 24 heavy (non-hydrogen) atoms. The third-order valence-electron chi connectivity index (χ3n) is 4.48. The van der Waals surface area contributed by atoms with Crippen molar-refractivity contribution in [3.05, 3.63) is 42.5 Å². The van der Waals surface area contributed by atoms with Crippen molar-refractivity contribution in [1.82, 2.24) is 5.32 Å². The van der Waals surface area contributed by atoms with E-state index in [2.05, 4.69) is 17.4 Å². The van der Waals surface area contributed by atoms with E-state index in [-0.39, 0.29) is 30.3 Å². The molecule has 0 heterocycles. The molecule has 0 aliphatic heterocycles. The van der Waals surface area contributed by atoms with Crippen LogP contribution in [0.5, 0.6) is 5.75 Å². The van der Waals surface area contributed by atoms with E-state index < -0.39 is 0 Å². The van der Waals surface area contributed by atoms with Gasteiger partial charge in [-0.25, -0.2) is 0 Å². The van der Waals surface area contributed by atoms with Crippen LogP contribution < -0.4 is 15.8 Å². The second-order valence-corrected chi connectivity index (χ2v) is 6.27. The normalized spacial score (nSPS) is 20.2. The molecule has 130 valence electrons. The van der Waals surface area contributed by atoms with Gasteiger partial charge in [-0.15, -0.1) is 12.4 Å². The Balaban J connectivity index is 0.00000208. The van der Waals surface area contributed by atoms with Gasteiger partial charge in [0.05, 0.1) is 6.54 Å². The van der Waals surface area contributed by atoms with Crippen LogP contribution in [0, 0.1) is 5.92 Å². The Kier molecular flexibility index (Phi) is 6.88. The summed E-state index contributed by atoms with van der Waals surface area (Å²) in [6, 6.07) is 14.4. The summed E-state index contributed by atoms with van der Waals surface area (Å²) in [5.41, 5.74) is 5.93.